The zero-order valence-electron chi connectivity index (χ0n) is 22.0. The number of likely N-dealkylation sites (tertiary alicyclic amines) is 1. The molecule has 3 heterocycles. The van der Waals surface area contributed by atoms with Gasteiger partial charge in [-0.2, -0.15) is 0 Å². The smallest absolute Gasteiger partial charge is 0.234 e. The minimum Gasteiger partial charge on any atom is -0.358 e. The number of ether oxygens (including phenoxy) is 2. The van der Waals surface area contributed by atoms with E-state index in [4.69, 9.17) is 14.0 Å². The van der Waals surface area contributed by atoms with Crippen molar-refractivity contribution in [2.45, 2.75) is 85.0 Å². The summed E-state index contributed by atoms with van der Waals surface area (Å²) in [5.41, 5.74) is -0.0916. The van der Waals surface area contributed by atoms with Crippen molar-refractivity contribution < 1.29 is 23.6 Å². The van der Waals surface area contributed by atoms with Crippen LogP contribution in [0.4, 0.5) is 5.82 Å². The Morgan fingerprint density at radius 2 is 1.76 bits per heavy atom. The molecule has 0 saturated carbocycles. The van der Waals surface area contributed by atoms with Gasteiger partial charge in [0.15, 0.2) is 23.7 Å². The first-order valence-electron chi connectivity index (χ1n) is 12.7. The lowest BCUT2D eigenvalue weighted by molar-refractivity contribution is -0.141. The Morgan fingerprint density at radius 1 is 1.12 bits per heavy atom. The lowest BCUT2D eigenvalue weighted by atomic mass is 9.86. The van der Waals surface area contributed by atoms with E-state index in [0.29, 0.717) is 24.6 Å². The fourth-order valence-corrected chi connectivity index (χ4v) is 5.38. The number of rotatable bonds is 9. The first-order valence-corrected chi connectivity index (χ1v) is 12.7. The van der Waals surface area contributed by atoms with E-state index in [1.807, 2.05) is 19.9 Å². The molecule has 0 N–H and O–H groups in total. The van der Waals surface area contributed by atoms with E-state index in [-0.39, 0.29) is 35.4 Å². The van der Waals surface area contributed by atoms with Crippen LogP contribution in [0.15, 0.2) is 10.6 Å². The van der Waals surface area contributed by atoms with Gasteiger partial charge in [0.25, 0.3) is 0 Å². The first-order chi connectivity index (χ1) is 16.1. The van der Waals surface area contributed by atoms with Crippen LogP contribution in [-0.2, 0) is 19.1 Å². The second kappa shape index (κ2) is 11.2. The topological polar surface area (TPSA) is 85.1 Å². The number of carbonyl (C=O) groups is 2. The van der Waals surface area contributed by atoms with Gasteiger partial charge in [0.1, 0.15) is 5.92 Å². The third kappa shape index (κ3) is 6.19. The summed E-state index contributed by atoms with van der Waals surface area (Å²) in [4.78, 5) is 30.6. The van der Waals surface area contributed by atoms with Gasteiger partial charge in [0, 0.05) is 52.3 Å². The Bertz CT molecular complexity index is 819. The average Bonchev–Trinajstić information content (AvgIpc) is 3.44. The van der Waals surface area contributed by atoms with Crippen LogP contribution in [0.25, 0.3) is 0 Å². The molecule has 2 saturated heterocycles. The van der Waals surface area contributed by atoms with E-state index in [1.54, 1.807) is 19.1 Å². The number of aromatic nitrogens is 1. The van der Waals surface area contributed by atoms with Crippen molar-refractivity contribution in [3.63, 3.8) is 0 Å². The summed E-state index contributed by atoms with van der Waals surface area (Å²) in [5.74, 6) is 1.41. The molecular formula is C26H43N3O5. The van der Waals surface area contributed by atoms with Gasteiger partial charge < -0.3 is 23.8 Å². The summed E-state index contributed by atoms with van der Waals surface area (Å²) in [5, 5.41) is 4.32. The summed E-state index contributed by atoms with van der Waals surface area (Å²) >= 11 is 0. The molecule has 0 radical (unpaired) electrons. The zero-order valence-corrected chi connectivity index (χ0v) is 22.0. The standard InChI is InChI=1S/C26H43N3O5/c1-17(2)23(24(31)29-12-8-9-19(29)20(30)16-26(3,4)5)21-15-22(27-34-21)28-13-10-18(11-14-28)25(32-6)33-7/h15,17-19,23,25H,8-14,16H2,1-7H3. The molecule has 1 amide bonds. The molecule has 1 aromatic rings. The van der Waals surface area contributed by atoms with Crippen molar-refractivity contribution >= 4 is 17.5 Å². The number of hydrogen-bond acceptors (Lipinski definition) is 7. The maximum absolute atomic E-state index is 13.7. The molecule has 34 heavy (non-hydrogen) atoms. The van der Waals surface area contributed by atoms with Gasteiger partial charge in [-0.1, -0.05) is 39.8 Å². The molecule has 2 fully saturated rings. The predicted octanol–water partition coefficient (Wildman–Crippen LogP) is 4.25. The van der Waals surface area contributed by atoms with Crippen LogP contribution in [0, 0.1) is 17.3 Å². The van der Waals surface area contributed by atoms with E-state index in [0.717, 1.165) is 44.6 Å². The third-order valence-electron chi connectivity index (χ3n) is 7.08. The van der Waals surface area contributed by atoms with Crippen molar-refractivity contribution in [3.8, 4) is 0 Å². The summed E-state index contributed by atoms with van der Waals surface area (Å²) in [6, 6.07) is 1.58. The Morgan fingerprint density at radius 3 is 2.32 bits per heavy atom. The fourth-order valence-electron chi connectivity index (χ4n) is 5.38. The summed E-state index contributed by atoms with van der Waals surface area (Å²) in [7, 11) is 3.35. The van der Waals surface area contributed by atoms with Crippen LogP contribution in [0.3, 0.4) is 0 Å². The third-order valence-corrected chi connectivity index (χ3v) is 7.08. The highest BCUT2D eigenvalue weighted by molar-refractivity contribution is 5.92. The molecule has 2 aliphatic rings. The molecular weight excluding hydrogens is 434 g/mol. The molecule has 3 rings (SSSR count). The molecule has 0 aromatic carbocycles. The lowest BCUT2D eigenvalue weighted by Crippen LogP contribution is -2.44. The van der Waals surface area contributed by atoms with Crippen molar-refractivity contribution in [1.29, 1.82) is 0 Å². The number of nitrogens with zero attached hydrogens (tertiary/aromatic N) is 3. The zero-order chi connectivity index (χ0) is 25.0. The van der Waals surface area contributed by atoms with Crippen molar-refractivity contribution in [3.05, 3.63) is 11.8 Å². The molecule has 2 atom stereocenters. The largest absolute Gasteiger partial charge is 0.358 e. The molecule has 8 heteroatoms. The summed E-state index contributed by atoms with van der Waals surface area (Å²) < 4.78 is 16.6. The first kappa shape index (κ1) is 26.7. The Hall–Kier alpha value is -1.93. The minimum absolute atomic E-state index is 0.0239. The maximum atomic E-state index is 13.7. The molecule has 2 aliphatic heterocycles. The molecule has 1 aromatic heterocycles. The van der Waals surface area contributed by atoms with Crippen LogP contribution in [0.5, 0.6) is 0 Å². The average molecular weight is 478 g/mol. The molecule has 2 unspecified atom stereocenters. The van der Waals surface area contributed by atoms with Crippen molar-refractivity contribution in [2.24, 2.45) is 17.3 Å². The van der Waals surface area contributed by atoms with Gasteiger partial charge in [-0.3, -0.25) is 9.59 Å². The predicted molar refractivity (Wildman–Crippen MR) is 131 cm³/mol. The van der Waals surface area contributed by atoms with Gasteiger partial charge >= 0.3 is 0 Å². The van der Waals surface area contributed by atoms with Crippen molar-refractivity contribution in [1.82, 2.24) is 10.1 Å². The fraction of sp³-hybridized carbons (Fsp3) is 0.808. The van der Waals surface area contributed by atoms with Gasteiger partial charge in [-0.25, -0.2) is 0 Å². The van der Waals surface area contributed by atoms with E-state index in [2.05, 4.69) is 30.8 Å². The number of amides is 1. The molecule has 0 aliphatic carbocycles. The quantitative estimate of drug-likeness (QED) is 0.492. The Kier molecular flexibility index (Phi) is 8.79. The van der Waals surface area contributed by atoms with Gasteiger partial charge in [-0.05, 0) is 37.0 Å². The van der Waals surface area contributed by atoms with E-state index >= 15 is 0 Å². The second-order valence-corrected chi connectivity index (χ2v) is 11.4. The molecule has 0 spiro atoms. The number of methoxy groups -OCH3 is 2. The van der Waals surface area contributed by atoms with Crippen LogP contribution in [-0.4, -0.2) is 67.9 Å². The van der Waals surface area contributed by atoms with Gasteiger partial charge in [-0.15, -0.1) is 0 Å². The summed E-state index contributed by atoms with van der Waals surface area (Å²) in [6.07, 6.45) is 3.76. The molecule has 192 valence electrons. The number of carbonyl (C=O) groups excluding carboxylic acids is 2. The lowest BCUT2D eigenvalue weighted by Gasteiger charge is -2.34. The highest BCUT2D eigenvalue weighted by Gasteiger charge is 2.41. The second-order valence-electron chi connectivity index (χ2n) is 11.4. The van der Waals surface area contributed by atoms with Crippen LogP contribution in [0.2, 0.25) is 0 Å². The monoisotopic (exact) mass is 477 g/mol. The number of Topliss-reactive ketones (excluding diaryl/α,β-unsaturated/α-hetero) is 1. The Balaban J connectivity index is 1.70. The molecule has 0 bridgehead atoms. The maximum Gasteiger partial charge on any atom is 0.234 e. The highest BCUT2D eigenvalue weighted by atomic mass is 16.7. The molecule has 8 nitrogen and oxygen atoms in total. The number of ketones is 1. The van der Waals surface area contributed by atoms with E-state index in [1.165, 1.54) is 0 Å². The Labute approximate surface area is 204 Å². The van der Waals surface area contributed by atoms with E-state index in [9.17, 15) is 9.59 Å². The number of hydrogen-bond donors (Lipinski definition) is 0. The van der Waals surface area contributed by atoms with Crippen molar-refractivity contribution in [2.75, 3.05) is 38.8 Å². The van der Waals surface area contributed by atoms with Crippen LogP contribution < -0.4 is 4.90 Å². The minimum atomic E-state index is -0.451. The summed E-state index contributed by atoms with van der Waals surface area (Å²) in [6.45, 7) is 12.5. The highest BCUT2D eigenvalue weighted by Crippen LogP contribution is 2.34. The van der Waals surface area contributed by atoms with Gasteiger partial charge in [0.2, 0.25) is 5.91 Å². The van der Waals surface area contributed by atoms with Crippen LogP contribution in [0.1, 0.15) is 78.4 Å². The normalized spacial score (nSPS) is 21.0. The number of piperidine rings is 1. The SMILES string of the molecule is COC(OC)C1CCN(c2cc(C(C(=O)N3CCCC3C(=O)CC(C)(C)C)C(C)C)on2)CC1. The van der Waals surface area contributed by atoms with E-state index < -0.39 is 5.92 Å². The van der Waals surface area contributed by atoms with Gasteiger partial charge in [0.05, 0.1) is 6.04 Å². The van der Waals surface area contributed by atoms with Crippen LogP contribution >= 0.6 is 0 Å². The number of anilines is 1.